The van der Waals surface area contributed by atoms with Gasteiger partial charge in [-0.05, 0) is 6.92 Å². The third-order valence-electron chi connectivity index (χ3n) is 2.79. The van der Waals surface area contributed by atoms with E-state index >= 15 is 0 Å². The Bertz CT molecular complexity index is 230. The zero-order valence-corrected chi connectivity index (χ0v) is 11.6. The summed E-state index contributed by atoms with van der Waals surface area (Å²) >= 11 is 0. The molecule has 1 fully saturated rings. The second-order valence-corrected chi connectivity index (χ2v) is 4.08. The lowest BCUT2D eigenvalue weighted by atomic mass is 10.4. The summed E-state index contributed by atoms with van der Waals surface area (Å²) < 4.78 is 10.6. The van der Waals surface area contributed by atoms with Crippen LogP contribution in [0, 0.1) is 0 Å². The van der Waals surface area contributed by atoms with Gasteiger partial charge in [0.2, 0.25) is 0 Å². The highest BCUT2D eigenvalue weighted by Gasteiger charge is 2.09. The van der Waals surface area contributed by atoms with Gasteiger partial charge < -0.3 is 20.1 Å². The minimum absolute atomic E-state index is 0.709. The molecular formula is C12H26N4O2. The molecule has 0 aromatic heterocycles. The third-order valence-corrected chi connectivity index (χ3v) is 2.79. The first kappa shape index (κ1) is 15.2. The molecule has 0 aromatic carbocycles. The van der Waals surface area contributed by atoms with Gasteiger partial charge in [0.05, 0.1) is 19.8 Å². The first-order valence-corrected chi connectivity index (χ1v) is 6.69. The Morgan fingerprint density at radius 3 is 2.67 bits per heavy atom. The van der Waals surface area contributed by atoms with Crippen LogP contribution in [0.15, 0.2) is 4.99 Å². The second kappa shape index (κ2) is 10.1. The molecule has 1 aliphatic rings. The second-order valence-electron chi connectivity index (χ2n) is 4.08. The summed E-state index contributed by atoms with van der Waals surface area (Å²) in [5, 5.41) is 6.51. The Kier molecular flexibility index (Phi) is 8.54. The zero-order chi connectivity index (χ0) is 13.1. The maximum atomic E-state index is 5.31. The first-order valence-electron chi connectivity index (χ1n) is 6.69. The van der Waals surface area contributed by atoms with Gasteiger partial charge in [0.1, 0.15) is 0 Å². The first-order chi connectivity index (χ1) is 8.86. The van der Waals surface area contributed by atoms with Crippen molar-refractivity contribution in [3.8, 4) is 0 Å². The molecule has 1 rings (SSSR count). The van der Waals surface area contributed by atoms with Crippen molar-refractivity contribution in [1.82, 2.24) is 15.5 Å². The molecule has 0 aromatic rings. The molecule has 1 aliphatic heterocycles. The number of hydrogen-bond donors (Lipinski definition) is 2. The van der Waals surface area contributed by atoms with Crippen LogP contribution in [0.5, 0.6) is 0 Å². The van der Waals surface area contributed by atoms with Crippen molar-refractivity contribution in [2.24, 2.45) is 4.99 Å². The number of aliphatic imine (C=N–C) groups is 1. The molecule has 2 N–H and O–H groups in total. The number of ether oxygens (including phenoxy) is 2. The molecule has 6 nitrogen and oxygen atoms in total. The number of rotatable bonds is 7. The highest BCUT2D eigenvalue weighted by molar-refractivity contribution is 5.79. The van der Waals surface area contributed by atoms with Crippen LogP contribution in [0.1, 0.15) is 6.92 Å². The molecule has 0 amide bonds. The van der Waals surface area contributed by atoms with Gasteiger partial charge in [-0.2, -0.15) is 0 Å². The van der Waals surface area contributed by atoms with Crippen molar-refractivity contribution in [3.63, 3.8) is 0 Å². The Morgan fingerprint density at radius 2 is 2.00 bits per heavy atom. The van der Waals surface area contributed by atoms with Crippen LogP contribution in [0.3, 0.4) is 0 Å². The fourth-order valence-electron chi connectivity index (χ4n) is 1.76. The van der Waals surface area contributed by atoms with Crippen molar-refractivity contribution >= 4 is 5.96 Å². The van der Waals surface area contributed by atoms with Crippen LogP contribution in [-0.2, 0) is 9.47 Å². The predicted molar refractivity (Wildman–Crippen MR) is 73.1 cm³/mol. The average Bonchev–Trinajstić information content (AvgIpc) is 2.42. The summed E-state index contributed by atoms with van der Waals surface area (Å²) in [6, 6.07) is 0. The molecule has 1 saturated heterocycles. The summed E-state index contributed by atoms with van der Waals surface area (Å²) in [5.74, 6) is 0.836. The van der Waals surface area contributed by atoms with Crippen LogP contribution in [0.4, 0.5) is 0 Å². The number of nitrogens with zero attached hydrogens (tertiary/aromatic N) is 2. The summed E-state index contributed by atoms with van der Waals surface area (Å²) in [5.41, 5.74) is 0. The molecule has 6 heteroatoms. The van der Waals surface area contributed by atoms with E-state index in [1.165, 1.54) is 0 Å². The van der Waals surface area contributed by atoms with E-state index in [2.05, 4.69) is 20.5 Å². The van der Waals surface area contributed by atoms with Crippen LogP contribution in [-0.4, -0.2) is 77.1 Å². The van der Waals surface area contributed by atoms with Crippen molar-refractivity contribution < 1.29 is 9.47 Å². The summed E-state index contributed by atoms with van der Waals surface area (Å²) in [6.07, 6.45) is 0. The Morgan fingerprint density at radius 1 is 1.28 bits per heavy atom. The van der Waals surface area contributed by atoms with Gasteiger partial charge in [-0.15, -0.1) is 0 Å². The van der Waals surface area contributed by atoms with Gasteiger partial charge in [0, 0.05) is 46.4 Å². The van der Waals surface area contributed by atoms with Crippen molar-refractivity contribution in [1.29, 1.82) is 0 Å². The van der Waals surface area contributed by atoms with Crippen molar-refractivity contribution in [3.05, 3.63) is 0 Å². The quantitative estimate of drug-likeness (QED) is 0.367. The Hall–Kier alpha value is -0.850. The smallest absolute Gasteiger partial charge is 0.191 e. The SMILES string of the molecule is CCOCCNC(=NC)NCCN1CCOCC1. The fourth-order valence-corrected chi connectivity index (χ4v) is 1.76. The fraction of sp³-hybridized carbons (Fsp3) is 0.917. The van der Waals surface area contributed by atoms with E-state index < -0.39 is 0 Å². The number of morpholine rings is 1. The third kappa shape index (κ3) is 6.78. The van der Waals surface area contributed by atoms with Crippen LogP contribution >= 0.6 is 0 Å². The molecule has 0 saturated carbocycles. The topological polar surface area (TPSA) is 58.1 Å². The van der Waals surface area contributed by atoms with E-state index in [1.54, 1.807) is 7.05 Å². The molecule has 106 valence electrons. The van der Waals surface area contributed by atoms with Gasteiger partial charge >= 0.3 is 0 Å². The van der Waals surface area contributed by atoms with E-state index in [0.717, 1.165) is 58.5 Å². The van der Waals surface area contributed by atoms with Gasteiger partial charge in [-0.3, -0.25) is 9.89 Å². The molecule has 18 heavy (non-hydrogen) atoms. The highest BCUT2D eigenvalue weighted by Crippen LogP contribution is 1.94. The van der Waals surface area contributed by atoms with Crippen LogP contribution in [0.2, 0.25) is 0 Å². The Labute approximate surface area is 110 Å². The van der Waals surface area contributed by atoms with E-state index in [-0.39, 0.29) is 0 Å². The van der Waals surface area contributed by atoms with Crippen LogP contribution < -0.4 is 10.6 Å². The monoisotopic (exact) mass is 258 g/mol. The molecule has 0 aliphatic carbocycles. The molecule has 0 unspecified atom stereocenters. The summed E-state index contributed by atoms with van der Waals surface area (Å²) in [7, 11) is 1.78. The highest BCUT2D eigenvalue weighted by atomic mass is 16.5. The maximum Gasteiger partial charge on any atom is 0.191 e. The predicted octanol–water partition coefficient (Wildman–Crippen LogP) is -0.480. The number of hydrogen-bond acceptors (Lipinski definition) is 4. The van der Waals surface area contributed by atoms with E-state index in [0.29, 0.717) is 6.61 Å². The van der Waals surface area contributed by atoms with Crippen LogP contribution in [0.25, 0.3) is 0 Å². The van der Waals surface area contributed by atoms with Gasteiger partial charge in [-0.1, -0.05) is 0 Å². The lowest BCUT2D eigenvalue weighted by Gasteiger charge is -2.26. The molecular weight excluding hydrogens is 232 g/mol. The summed E-state index contributed by atoms with van der Waals surface area (Å²) in [6.45, 7) is 9.91. The van der Waals surface area contributed by atoms with E-state index in [4.69, 9.17) is 9.47 Å². The zero-order valence-electron chi connectivity index (χ0n) is 11.6. The van der Waals surface area contributed by atoms with E-state index in [1.807, 2.05) is 6.92 Å². The maximum absolute atomic E-state index is 5.31. The standard InChI is InChI=1S/C12H26N4O2/c1-3-17-9-5-15-12(13-2)14-4-6-16-7-10-18-11-8-16/h3-11H2,1-2H3,(H2,13,14,15). The van der Waals surface area contributed by atoms with Crippen molar-refractivity contribution in [2.45, 2.75) is 6.92 Å². The minimum atomic E-state index is 0.709. The molecule has 0 radical (unpaired) electrons. The Balaban J connectivity index is 2.04. The largest absolute Gasteiger partial charge is 0.380 e. The lowest BCUT2D eigenvalue weighted by Crippen LogP contribution is -2.45. The molecule has 0 atom stereocenters. The minimum Gasteiger partial charge on any atom is -0.380 e. The van der Waals surface area contributed by atoms with Crippen molar-refractivity contribution in [2.75, 3.05) is 66.2 Å². The molecule has 0 bridgehead atoms. The average molecular weight is 258 g/mol. The van der Waals surface area contributed by atoms with Gasteiger partial charge in [-0.25, -0.2) is 0 Å². The molecule has 0 spiro atoms. The number of guanidine groups is 1. The number of nitrogens with one attached hydrogen (secondary N) is 2. The lowest BCUT2D eigenvalue weighted by molar-refractivity contribution is 0.0389. The summed E-state index contributed by atoms with van der Waals surface area (Å²) in [4.78, 5) is 6.56. The normalized spacial score (nSPS) is 17.8. The van der Waals surface area contributed by atoms with E-state index in [9.17, 15) is 0 Å². The van der Waals surface area contributed by atoms with Gasteiger partial charge in [0.15, 0.2) is 5.96 Å². The molecule has 1 heterocycles. The van der Waals surface area contributed by atoms with Gasteiger partial charge in [0.25, 0.3) is 0 Å².